The molecule has 0 bridgehead atoms. The van der Waals surface area contributed by atoms with Crippen molar-refractivity contribution in [3.63, 3.8) is 0 Å². The van der Waals surface area contributed by atoms with Crippen LogP contribution in [0.2, 0.25) is 0 Å². The first-order valence-electron chi connectivity index (χ1n) is 11.1. The molecule has 2 amide bonds. The zero-order valence-corrected chi connectivity index (χ0v) is 19.3. The minimum Gasteiger partial charge on any atom is -0.490 e. The molecule has 0 saturated carbocycles. The summed E-state index contributed by atoms with van der Waals surface area (Å²) >= 11 is 1.45. The Kier molecular flexibility index (Phi) is 7.57. The van der Waals surface area contributed by atoms with Crippen LogP contribution < -0.4 is 14.8 Å². The van der Waals surface area contributed by atoms with Crippen molar-refractivity contribution >= 4 is 23.2 Å². The van der Waals surface area contributed by atoms with Gasteiger partial charge < -0.3 is 19.7 Å². The Morgan fingerprint density at radius 3 is 2.55 bits per heavy atom. The van der Waals surface area contributed by atoms with Gasteiger partial charge in [-0.15, -0.1) is 11.3 Å². The first-order chi connectivity index (χ1) is 16.1. The standard InChI is InChI=1S/C25H27N3O4S/c1-2-31-20-6-3-4-7-21(20)32-23-10-9-18(16-26-23)17-27-24(29)19-11-13-28(14-12-19)25(30)22-8-5-15-33-22/h3-10,15-16,19H,2,11-14,17H2,1H3,(H,27,29). The zero-order chi connectivity index (χ0) is 23.0. The summed E-state index contributed by atoms with van der Waals surface area (Å²) in [6.07, 6.45) is 3.04. The van der Waals surface area contributed by atoms with Crippen molar-refractivity contribution in [2.45, 2.75) is 26.3 Å². The molecular weight excluding hydrogens is 438 g/mol. The lowest BCUT2D eigenvalue weighted by Gasteiger charge is -2.31. The van der Waals surface area contributed by atoms with Gasteiger partial charge in [-0.3, -0.25) is 9.59 Å². The fraction of sp³-hybridized carbons (Fsp3) is 0.320. The predicted molar refractivity (Wildman–Crippen MR) is 127 cm³/mol. The fourth-order valence-corrected chi connectivity index (χ4v) is 4.42. The molecule has 3 heterocycles. The number of pyridine rings is 1. The van der Waals surface area contributed by atoms with Crippen LogP contribution in [0.5, 0.6) is 17.4 Å². The number of nitrogens with zero attached hydrogens (tertiary/aromatic N) is 2. The average molecular weight is 466 g/mol. The molecule has 0 atom stereocenters. The van der Waals surface area contributed by atoms with E-state index in [2.05, 4.69) is 10.3 Å². The molecule has 1 saturated heterocycles. The number of para-hydroxylation sites is 2. The van der Waals surface area contributed by atoms with Gasteiger partial charge in [0.15, 0.2) is 11.5 Å². The molecule has 7 nitrogen and oxygen atoms in total. The number of carbonyl (C=O) groups is 2. The predicted octanol–water partition coefficient (Wildman–Crippen LogP) is 4.50. The lowest BCUT2D eigenvalue weighted by atomic mass is 9.95. The van der Waals surface area contributed by atoms with Gasteiger partial charge in [0.2, 0.25) is 11.8 Å². The van der Waals surface area contributed by atoms with Crippen molar-refractivity contribution in [1.29, 1.82) is 0 Å². The van der Waals surface area contributed by atoms with Gasteiger partial charge in [0, 0.05) is 37.8 Å². The largest absolute Gasteiger partial charge is 0.490 e. The minimum absolute atomic E-state index is 0.0178. The van der Waals surface area contributed by atoms with Crippen LogP contribution in [-0.4, -0.2) is 41.4 Å². The first kappa shape index (κ1) is 22.8. The van der Waals surface area contributed by atoms with E-state index in [4.69, 9.17) is 9.47 Å². The summed E-state index contributed by atoms with van der Waals surface area (Å²) in [5.41, 5.74) is 0.888. The molecule has 8 heteroatoms. The van der Waals surface area contributed by atoms with Crippen molar-refractivity contribution < 1.29 is 19.1 Å². The summed E-state index contributed by atoms with van der Waals surface area (Å²) in [5, 5.41) is 4.90. The molecule has 2 aromatic heterocycles. The maximum absolute atomic E-state index is 12.6. The van der Waals surface area contributed by atoms with Gasteiger partial charge in [-0.2, -0.15) is 0 Å². The number of likely N-dealkylation sites (tertiary alicyclic amines) is 1. The van der Waals surface area contributed by atoms with Gasteiger partial charge >= 0.3 is 0 Å². The van der Waals surface area contributed by atoms with E-state index in [9.17, 15) is 9.59 Å². The Hall–Kier alpha value is -3.39. The van der Waals surface area contributed by atoms with E-state index < -0.39 is 0 Å². The summed E-state index contributed by atoms with van der Waals surface area (Å²) in [6.45, 7) is 4.08. The number of benzene rings is 1. The topological polar surface area (TPSA) is 80.8 Å². The number of piperidine rings is 1. The fourth-order valence-electron chi connectivity index (χ4n) is 3.73. The van der Waals surface area contributed by atoms with Crippen LogP contribution in [0.25, 0.3) is 0 Å². The Morgan fingerprint density at radius 2 is 1.88 bits per heavy atom. The highest BCUT2D eigenvalue weighted by Crippen LogP contribution is 2.30. The molecule has 0 radical (unpaired) electrons. The van der Waals surface area contributed by atoms with Crippen LogP contribution in [0, 0.1) is 5.92 Å². The number of hydrogen-bond donors (Lipinski definition) is 1. The summed E-state index contributed by atoms with van der Waals surface area (Å²) in [5.74, 6) is 1.73. The lowest BCUT2D eigenvalue weighted by molar-refractivity contribution is -0.126. The number of ether oxygens (including phenoxy) is 2. The Bertz CT molecular complexity index is 1060. The van der Waals surface area contributed by atoms with Crippen LogP contribution in [0.15, 0.2) is 60.1 Å². The number of hydrogen-bond acceptors (Lipinski definition) is 6. The van der Waals surface area contributed by atoms with E-state index in [1.54, 1.807) is 12.3 Å². The smallest absolute Gasteiger partial charge is 0.263 e. The van der Waals surface area contributed by atoms with E-state index in [0.29, 0.717) is 56.5 Å². The van der Waals surface area contributed by atoms with Crippen molar-refractivity contribution in [3.05, 3.63) is 70.5 Å². The van der Waals surface area contributed by atoms with Crippen LogP contribution >= 0.6 is 11.3 Å². The molecule has 172 valence electrons. The summed E-state index contributed by atoms with van der Waals surface area (Å²) in [4.78, 5) is 32.0. The van der Waals surface area contributed by atoms with Crippen molar-refractivity contribution in [3.8, 4) is 17.4 Å². The lowest BCUT2D eigenvalue weighted by Crippen LogP contribution is -2.42. The Morgan fingerprint density at radius 1 is 1.09 bits per heavy atom. The normalized spacial score (nSPS) is 14.0. The molecule has 1 aromatic carbocycles. The molecular formula is C25H27N3O4S. The van der Waals surface area contributed by atoms with Gasteiger partial charge in [0.25, 0.3) is 5.91 Å². The summed E-state index contributed by atoms with van der Waals surface area (Å²) < 4.78 is 11.4. The third kappa shape index (κ3) is 5.90. The number of carbonyl (C=O) groups excluding carboxylic acids is 2. The molecule has 0 aliphatic carbocycles. The summed E-state index contributed by atoms with van der Waals surface area (Å²) in [6, 6.07) is 14.8. The molecule has 1 aliphatic rings. The van der Waals surface area contributed by atoms with Gasteiger partial charge in [-0.1, -0.05) is 24.3 Å². The Balaban J connectivity index is 1.24. The SMILES string of the molecule is CCOc1ccccc1Oc1ccc(CNC(=O)C2CCN(C(=O)c3cccs3)CC2)cn1. The van der Waals surface area contributed by atoms with Crippen LogP contribution in [-0.2, 0) is 11.3 Å². The minimum atomic E-state index is -0.0805. The van der Waals surface area contributed by atoms with Gasteiger partial charge in [0.05, 0.1) is 11.5 Å². The van der Waals surface area contributed by atoms with Crippen LogP contribution in [0.4, 0.5) is 0 Å². The maximum Gasteiger partial charge on any atom is 0.263 e. The van der Waals surface area contributed by atoms with Gasteiger partial charge in [-0.25, -0.2) is 4.98 Å². The molecule has 3 aromatic rings. The number of aromatic nitrogens is 1. The van der Waals surface area contributed by atoms with E-state index in [-0.39, 0.29) is 17.7 Å². The third-order valence-electron chi connectivity index (χ3n) is 5.51. The van der Waals surface area contributed by atoms with Crippen LogP contribution in [0.1, 0.15) is 35.0 Å². The quantitative estimate of drug-likeness (QED) is 0.530. The first-order valence-corrected chi connectivity index (χ1v) is 12.0. The second-order valence-electron chi connectivity index (χ2n) is 7.75. The molecule has 33 heavy (non-hydrogen) atoms. The zero-order valence-electron chi connectivity index (χ0n) is 18.5. The monoisotopic (exact) mass is 465 g/mol. The number of nitrogens with one attached hydrogen (secondary N) is 1. The third-order valence-corrected chi connectivity index (χ3v) is 6.37. The van der Waals surface area contributed by atoms with Crippen molar-refractivity contribution in [2.24, 2.45) is 5.92 Å². The summed E-state index contributed by atoms with van der Waals surface area (Å²) in [7, 11) is 0. The van der Waals surface area contributed by atoms with Crippen molar-refractivity contribution in [2.75, 3.05) is 19.7 Å². The van der Waals surface area contributed by atoms with Gasteiger partial charge in [0.1, 0.15) is 0 Å². The Labute approximate surface area is 197 Å². The maximum atomic E-state index is 12.6. The molecule has 0 unspecified atom stereocenters. The molecule has 4 rings (SSSR count). The molecule has 0 spiro atoms. The number of amides is 2. The molecule has 1 fully saturated rings. The number of thiophene rings is 1. The van der Waals surface area contributed by atoms with Gasteiger partial charge in [-0.05, 0) is 48.9 Å². The van der Waals surface area contributed by atoms with E-state index in [1.807, 2.05) is 59.7 Å². The van der Waals surface area contributed by atoms with E-state index in [1.165, 1.54) is 11.3 Å². The van der Waals surface area contributed by atoms with Crippen LogP contribution in [0.3, 0.4) is 0 Å². The second-order valence-corrected chi connectivity index (χ2v) is 8.70. The van der Waals surface area contributed by atoms with E-state index >= 15 is 0 Å². The van der Waals surface area contributed by atoms with Crippen molar-refractivity contribution in [1.82, 2.24) is 15.2 Å². The highest BCUT2D eigenvalue weighted by atomic mass is 32.1. The molecule has 1 aliphatic heterocycles. The highest BCUT2D eigenvalue weighted by molar-refractivity contribution is 7.12. The average Bonchev–Trinajstić information content (AvgIpc) is 3.39. The number of rotatable bonds is 8. The highest BCUT2D eigenvalue weighted by Gasteiger charge is 2.28. The van der Waals surface area contributed by atoms with E-state index in [0.717, 1.165) is 10.4 Å². The second kappa shape index (κ2) is 11.0. The molecule has 1 N–H and O–H groups in total.